The first kappa shape index (κ1) is 14.2. The molecule has 1 aliphatic carbocycles. The van der Waals surface area contributed by atoms with Crippen molar-refractivity contribution in [1.82, 2.24) is 4.98 Å². The first-order valence-electron chi connectivity index (χ1n) is 6.73. The van der Waals surface area contributed by atoms with Gasteiger partial charge in [0.1, 0.15) is 0 Å². The molecule has 2 nitrogen and oxygen atoms in total. The van der Waals surface area contributed by atoms with Crippen LogP contribution in [0, 0.1) is 0 Å². The lowest BCUT2D eigenvalue weighted by molar-refractivity contribution is 0.134. The van der Waals surface area contributed by atoms with Gasteiger partial charge in [-0.05, 0) is 54.7 Å². The molecule has 20 heavy (non-hydrogen) atoms. The molecule has 0 bridgehead atoms. The van der Waals surface area contributed by atoms with Crippen molar-refractivity contribution in [3.8, 4) is 0 Å². The Hall–Kier alpha value is -0.710. The van der Waals surface area contributed by atoms with Crippen molar-refractivity contribution in [3.63, 3.8) is 0 Å². The number of hydrogen-bond donors (Lipinski definition) is 1. The number of fused-ring (bicyclic) bond motifs is 1. The summed E-state index contributed by atoms with van der Waals surface area (Å²) >= 11 is 6.96. The molecule has 2 unspecified atom stereocenters. The van der Waals surface area contributed by atoms with Gasteiger partial charge in [0.25, 0.3) is 0 Å². The fraction of sp³-hybridized carbons (Fsp3) is 0.312. The van der Waals surface area contributed by atoms with Crippen molar-refractivity contribution in [1.29, 1.82) is 0 Å². The van der Waals surface area contributed by atoms with E-state index in [0.29, 0.717) is 0 Å². The summed E-state index contributed by atoms with van der Waals surface area (Å²) in [7, 11) is 0. The van der Waals surface area contributed by atoms with Crippen molar-refractivity contribution < 1.29 is 5.11 Å². The van der Waals surface area contributed by atoms with Gasteiger partial charge in [-0.15, -0.1) is 0 Å². The summed E-state index contributed by atoms with van der Waals surface area (Å²) in [5, 5.41) is 10.8. The molecule has 4 heteroatoms. The molecule has 0 saturated carbocycles. The highest BCUT2D eigenvalue weighted by Crippen LogP contribution is 2.40. The average molecular weight is 397 g/mol. The van der Waals surface area contributed by atoms with E-state index in [1.165, 1.54) is 5.56 Å². The van der Waals surface area contributed by atoms with E-state index in [4.69, 9.17) is 0 Å². The van der Waals surface area contributed by atoms with E-state index in [-0.39, 0.29) is 5.92 Å². The first-order valence-corrected chi connectivity index (χ1v) is 8.31. The number of hydrogen-bond acceptors (Lipinski definition) is 2. The maximum atomic E-state index is 10.8. The van der Waals surface area contributed by atoms with Crippen LogP contribution in [-0.2, 0) is 6.42 Å². The molecule has 0 saturated heterocycles. The van der Waals surface area contributed by atoms with Crippen LogP contribution >= 0.6 is 31.9 Å². The van der Waals surface area contributed by atoms with E-state index in [2.05, 4.69) is 42.9 Å². The van der Waals surface area contributed by atoms with E-state index < -0.39 is 6.10 Å². The smallest absolute Gasteiger partial charge is 0.0874 e. The summed E-state index contributed by atoms with van der Waals surface area (Å²) in [6, 6.07) is 10.0. The number of pyridine rings is 1. The number of aryl methyl sites for hydroxylation is 1. The van der Waals surface area contributed by atoms with Crippen molar-refractivity contribution in [2.24, 2.45) is 0 Å². The molecule has 2 aromatic rings. The van der Waals surface area contributed by atoms with Crippen molar-refractivity contribution in [2.45, 2.75) is 31.3 Å². The molecule has 1 aliphatic rings. The van der Waals surface area contributed by atoms with Crippen LogP contribution in [0.5, 0.6) is 0 Å². The van der Waals surface area contributed by atoms with Gasteiger partial charge in [0, 0.05) is 26.8 Å². The molecule has 0 spiro atoms. The minimum atomic E-state index is -0.516. The largest absolute Gasteiger partial charge is 0.388 e. The quantitative estimate of drug-likeness (QED) is 0.793. The fourth-order valence-electron chi connectivity index (χ4n) is 2.93. The van der Waals surface area contributed by atoms with Crippen LogP contribution in [-0.4, -0.2) is 10.1 Å². The third-order valence-corrected chi connectivity index (χ3v) is 4.76. The van der Waals surface area contributed by atoms with Gasteiger partial charge in [0.05, 0.1) is 6.10 Å². The van der Waals surface area contributed by atoms with Crippen LogP contribution in [0.25, 0.3) is 0 Å². The maximum absolute atomic E-state index is 10.8. The Morgan fingerprint density at radius 2 is 1.95 bits per heavy atom. The molecule has 1 aromatic heterocycles. The summed E-state index contributed by atoms with van der Waals surface area (Å²) < 4.78 is 1.94. The average Bonchev–Trinajstić information content (AvgIpc) is 2.45. The van der Waals surface area contributed by atoms with Gasteiger partial charge < -0.3 is 5.11 Å². The van der Waals surface area contributed by atoms with Gasteiger partial charge >= 0.3 is 0 Å². The second kappa shape index (κ2) is 5.96. The minimum absolute atomic E-state index is 0.0844. The Balaban J connectivity index is 1.97. The number of nitrogens with zero attached hydrogens (tertiary/aromatic N) is 1. The molecular weight excluding hydrogens is 382 g/mol. The molecular formula is C16H15Br2NO. The minimum Gasteiger partial charge on any atom is -0.388 e. The Morgan fingerprint density at radius 1 is 1.20 bits per heavy atom. The van der Waals surface area contributed by atoms with Gasteiger partial charge in [-0.2, -0.15) is 0 Å². The Bertz CT molecular complexity index is 609. The number of aromatic nitrogens is 1. The van der Waals surface area contributed by atoms with Gasteiger partial charge in [-0.3, -0.25) is 4.98 Å². The zero-order valence-corrected chi connectivity index (χ0v) is 14.1. The van der Waals surface area contributed by atoms with Crippen LogP contribution < -0.4 is 0 Å². The lowest BCUT2D eigenvalue weighted by Crippen LogP contribution is -2.18. The van der Waals surface area contributed by atoms with E-state index in [1.54, 1.807) is 0 Å². The SMILES string of the molecule is OC(c1cc(Br)cc(Br)c1)C1CCCc2cccnc21. The normalized spacial score (nSPS) is 19.4. The lowest BCUT2D eigenvalue weighted by atomic mass is 9.81. The predicted molar refractivity (Wildman–Crippen MR) is 86.7 cm³/mol. The molecule has 0 fully saturated rings. The highest BCUT2D eigenvalue weighted by atomic mass is 79.9. The zero-order chi connectivity index (χ0) is 14.1. The fourth-order valence-corrected chi connectivity index (χ4v) is 4.26. The van der Waals surface area contributed by atoms with Gasteiger partial charge in [0.15, 0.2) is 0 Å². The number of benzene rings is 1. The first-order chi connectivity index (χ1) is 9.65. The van der Waals surface area contributed by atoms with Crippen LogP contribution in [0.1, 0.15) is 41.7 Å². The molecule has 1 N–H and O–H groups in total. The van der Waals surface area contributed by atoms with E-state index >= 15 is 0 Å². The van der Waals surface area contributed by atoms with Crippen LogP contribution in [0.4, 0.5) is 0 Å². The molecule has 1 aromatic carbocycles. The van der Waals surface area contributed by atoms with E-state index in [1.807, 2.05) is 30.5 Å². The van der Waals surface area contributed by atoms with Crippen molar-refractivity contribution in [3.05, 3.63) is 62.3 Å². The molecule has 3 rings (SSSR count). The van der Waals surface area contributed by atoms with Gasteiger partial charge in [0.2, 0.25) is 0 Å². The third-order valence-electron chi connectivity index (χ3n) is 3.85. The van der Waals surface area contributed by atoms with Crippen LogP contribution in [0.3, 0.4) is 0 Å². The summed E-state index contributed by atoms with van der Waals surface area (Å²) in [5.41, 5.74) is 3.26. The molecule has 1 heterocycles. The second-order valence-corrected chi connectivity index (χ2v) is 7.03. The Morgan fingerprint density at radius 3 is 2.70 bits per heavy atom. The lowest BCUT2D eigenvalue weighted by Gasteiger charge is -2.28. The maximum Gasteiger partial charge on any atom is 0.0874 e. The summed E-state index contributed by atoms with van der Waals surface area (Å²) in [4.78, 5) is 4.51. The highest BCUT2D eigenvalue weighted by molar-refractivity contribution is 9.11. The number of halogens is 2. The molecule has 0 aliphatic heterocycles. The molecule has 0 radical (unpaired) electrons. The standard InChI is InChI=1S/C16H15Br2NO/c17-12-7-11(8-13(18)9-12)16(20)14-5-1-3-10-4-2-6-19-15(10)14/h2,4,6-9,14,16,20H,1,3,5H2. The van der Waals surface area contributed by atoms with Crippen molar-refractivity contribution >= 4 is 31.9 Å². The van der Waals surface area contributed by atoms with E-state index in [0.717, 1.165) is 39.5 Å². The van der Waals surface area contributed by atoms with E-state index in [9.17, 15) is 5.11 Å². The number of rotatable bonds is 2. The summed E-state index contributed by atoms with van der Waals surface area (Å²) in [6.07, 6.45) is 4.46. The molecule has 0 amide bonds. The highest BCUT2D eigenvalue weighted by Gasteiger charge is 2.29. The van der Waals surface area contributed by atoms with Crippen molar-refractivity contribution in [2.75, 3.05) is 0 Å². The Kier molecular flexibility index (Phi) is 4.24. The topological polar surface area (TPSA) is 33.1 Å². The number of aliphatic hydroxyl groups excluding tert-OH is 1. The molecule has 104 valence electrons. The van der Waals surface area contributed by atoms with Crippen LogP contribution in [0.15, 0.2) is 45.5 Å². The van der Waals surface area contributed by atoms with Gasteiger partial charge in [-0.25, -0.2) is 0 Å². The van der Waals surface area contributed by atoms with Gasteiger partial charge in [-0.1, -0.05) is 37.9 Å². The number of aliphatic hydroxyl groups is 1. The zero-order valence-electron chi connectivity index (χ0n) is 10.9. The second-order valence-electron chi connectivity index (χ2n) is 5.19. The van der Waals surface area contributed by atoms with Crippen LogP contribution in [0.2, 0.25) is 0 Å². The summed E-state index contributed by atoms with van der Waals surface area (Å²) in [6.45, 7) is 0. The summed E-state index contributed by atoms with van der Waals surface area (Å²) in [5.74, 6) is 0.0844. The third kappa shape index (κ3) is 2.83. The Labute approximate surface area is 135 Å². The molecule has 2 atom stereocenters. The monoisotopic (exact) mass is 395 g/mol. The predicted octanol–water partition coefficient (Wildman–Crippen LogP) is 4.76.